The van der Waals surface area contributed by atoms with Gasteiger partial charge >= 0.3 is 5.97 Å². The van der Waals surface area contributed by atoms with E-state index < -0.39 is 0 Å². The standard InChI is InChI=1S/C16H34N4O3/c1-5-17-16(18-10-7-9-15(21)23-6-2)19-11-13-20(3)12-8-14-22-4/h5-14H2,1-4H3,(H2,17,18,19). The van der Waals surface area contributed by atoms with E-state index in [4.69, 9.17) is 9.47 Å². The van der Waals surface area contributed by atoms with Crippen LogP contribution in [0.25, 0.3) is 0 Å². The highest BCUT2D eigenvalue weighted by molar-refractivity contribution is 5.79. The number of likely N-dealkylation sites (N-methyl/N-ethyl adjacent to an activating group) is 1. The van der Waals surface area contributed by atoms with Crippen LogP contribution < -0.4 is 10.6 Å². The topological polar surface area (TPSA) is 75.2 Å². The number of hydrogen-bond acceptors (Lipinski definition) is 5. The third kappa shape index (κ3) is 14.0. The van der Waals surface area contributed by atoms with Gasteiger partial charge in [-0.2, -0.15) is 0 Å². The summed E-state index contributed by atoms with van der Waals surface area (Å²) in [7, 11) is 3.82. The Hall–Kier alpha value is -1.34. The fourth-order valence-corrected chi connectivity index (χ4v) is 1.94. The van der Waals surface area contributed by atoms with Gasteiger partial charge in [-0.25, -0.2) is 0 Å². The number of hydrogen-bond donors (Lipinski definition) is 2. The number of aliphatic imine (C=N–C) groups is 1. The quantitative estimate of drug-likeness (QED) is 0.226. The van der Waals surface area contributed by atoms with E-state index in [1.54, 1.807) is 7.11 Å². The van der Waals surface area contributed by atoms with Crippen LogP contribution in [0, 0.1) is 0 Å². The van der Waals surface area contributed by atoms with Gasteiger partial charge in [-0.3, -0.25) is 9.79 Å². The number of ether oxygens (including phenoxy) is 2. The van der Waals surface area contributed by atoms with Crippen molar-refractivity contribution in [3.63, 3.8) is 0 Å². The molecule has 0 unspecified atom stereocenters. The zero-order chi connectivity index (χ0) is 17.3. The maximum atomic E-state index is 11.3. The summed E-state index contributed by atoms with van der Waals surface area (Å²) in [5, 5.41) is 6.51. The molecule has 7 heteroatoms. The Morgan fingerprint density at radius 3 is 2.61 bits per heavy atom. The molecule has 7 nitrogen and oxygen atoms in total. The Balaban J connectivity index is 3.91. The van der Waals surface area contributed by atoms with E-state index in [2.05, 4.69) is 27.6 Å². The number of carbonyl (C=O) groups excluding carboxylic acids is 1. The minimum Gasteiger partial charge on any atom is -0.466 e. The zero-order valence-corrected chi connectivity index (χ0v) is 15.2. The lowest BCUT2D eigenvalue weighted by atomic mass is 10.3. The Kier molecular flexibility index (Phi) is 14.6. The normalized spacial score (nSPS) is 11.6. The average Bonchev–Trinajstić information content (AvgIpc) is 2.52. The van der Waals surface area contributed by atoms with Crippen LogP contribution >= 0.6 is 0 Å². The van der Waals surface area contributed by atoms with Crippen LogP contribution in [0.3, 0.4) is 0 Å². The number of guanidine groups is 1. The van der Waals surface area contributed by atoms with E-state index in [-0.39, 0.29) is 5.97 Å². The average molecular weight is 330 g/mol. The third-order valence-electron chi connectivity index (χ3n) is 3.13. The number of methoxy groups -OCH3 is 1. The molecule has 0 saturated carbocycles. The summed E-state index contributed by atoms with van der Waals surface area (Å²) in [5.74, 6) is 0.639. The smallest absolute Gasteiger partial charge is 0.305 e. The number of rotatable bonds is 13. The zero-order valence-electron chi connectivity index (χ0n) is 15.2. The van der Waals surface area contributed by atoms with E-state index in [0.29, 0.717) is 26.0 Å². The number of carbonyl (C=O) groups is 1. The summed E-state index contributed by atoms with van der Waals surface area (Å²) in [4.78, 5) is 18.0. The van der Waals surface area contributed by atoms with Crippen molar-refractivity contribution in [2.75, 3.05) is 60.1 Å². The van der Waals surface area contributed by atoms with Crippen LogP contribution in [0.2, 0.25) is 0 Å². The Morgan fingerprint density at radius 2 is 1.96 bits per heavy atom. The van der Waals surface area contributed by atoms with Gasteiger partial charge in [-0.05, 0) is 33.7 Å². The molecular formula is C16H34N4O3. The van der Waals surface area contributed by atoms with Crippen LogP contribution in [-0.4, -0.2) is 76.9 Å². The summed E-state index contributed by atoms with van der Waals surface area (Å²) in [5.41, 5.74) is 0. The van der Waals surface area contributed by atoms with Gasteiger partial charge in [0.2, 0.25) is 0 Å². The molecule has 0 atom stereocenters. The van der Waals surface area contributed by atoms with Gasteiger partial charge in [-0.15, -0.1) is 0 Å². The lowest BCUT2D eigenvalue weighted by Gasteiger charge is -2.18. The molecule has 0 bridgehead atoms. The lowest BCUT2D eigenvalue weighted by molar-refractivity contribution is -0.143. The van der Waals surface area contributed by atoms with Crippen LogP contribution in [0.4, 0.5) is 0 Å². The molecule has 0 heterocycles. The van der Waals surface area contributed by atoms with Gasteiger partial charge in [0.25, 0.3) is 0 Å². The Labute approximate surface area is 140 Å². The van der Waals surface area contributed by atoms with Crippen LogP contribution in [-0.2, 0) is 14.3 Å². The molecule has 0 rings (SSSR count). The summed E-state index contributed by atoms with van der Waals surface area (Å²) in [6, 6.07) is 0. The lowest BCUT2D eigenvalue weighted by Crippen LogP contribution is -2.41. The fraction of sp³-hybridized carbons (Fsp3) is 0.875. The molecule has 23 heavy (non-hydrogen) atoms. The van der Waals surface area contributed by atoms with Crippen LogP contribution in [0.15, 0.2) is 4.99 Å². The van der Waals surface area contributed by atoms with E-state index in [9.17, 15) is 4.79 Å². The fourth-order valence-electron chi connectivity index (χ4n) is 1.94. The van der Waals surface area contributed by atoms with Gasteiger partial charge in [-0.1, -0.05) is 0 Å². The van der Waals surface area contributed by atoms with Gasteiger partial charge in [0.15, 0.2) is 5.96 Å². The maximum Gasteiger partial charge on any atom is 0.305 e. The van der Waals surface area contributed by atoms with E-state index >= 15 is 0 Å². The highest BCUT2D eigenvalue weighted by Crippen LogP contribution is 1.93. The molecule has 0 aromatic rings. The van der Waals surface area contributed by atoms with Crippen molar-refractivity contribution >= 4 is 11.9 Å². The summed E-state index contributed by atoms with van der Waals surface area (Å²) in [6.45, 7) is 9.28. The minimum atomic E-state index is -0.154. The summed E-state index contributed by atoms with van der Waals surface area (Å²) >= 11 is 0. The first-order valence-corrected chi connectivity index (χ1v) is 8.49. The molecule has 136 valence electrons. The molecule has 0 aliphatic carbocycles. The first-order chi connectivity index (χ1) is 11.1. The highest BCUT2D eigenvalue weighted by atomic mass is 16.5. The first kappa shape index (κ1) is 21.7. The van der Waals surface area contributed by atoms with Gasteiger partial charge < -0.3 is 25.0 Å². The molecule has 0 aliphatic rings. The number of nitrogens with zero attached hydrogens (tertiary/aromatic N) is 2. The van der Waals surface area contributed by atoms with Crippen molar-refractivity contribution in [1.29, 1.82) is 0 Å². The summed E-state index contributed by atoms with van der Waals surface area (Å²) in [6.07, 6.45) is 2.15. The SMILES string of the molecule is CCNC(=NCCCC(=O)OCC)NCCN(C)CCCOC. The van der Waals surface area contributed by atoms with E-state index in [1.807, 2.05) is 13.8 Å². The van der Waals surface area contributed by atoms with Crippen molar-refractivity contribution in [2.24, 2.45) is 4.99 Å². The predicted octanol–water partition coefficient (Wildman–Crippen LogP) is 0.853. The monoisotopic (exact) mass is 330 g/mol. The van der Waals surface area contributed by atoms with Crippen molar-refractivity contribution in [3.05, 3.63) is 0 Å². The molecule has 0 spiro atoms. The summed E-state index contributed by atoms with van der Waals surface area (Å²) < 4.78 is 9.94. The van der Waals surface area contributed by atoms with E-state index in [1.165, 1.54) is 0 Å². The molecule has 0 saturated heterocycles. The van der Waals surface area contributed by atoms with Gasteiger partial charge in [0.1, 0.15) is 0 Å². The number of nitrogens with one attached hydrogen (secondary N) is 2. The van der Waals surface area contributed by atoms with Crippen molar-refractivity contribution in [3.8, 4) is 0 Å². The van der Waals surface area contributed by atoms with Crippen LogP contribution in [0.1, 0.15) is 33.1 Å². The second-order valence-corrected chi connectivity index (χ2v) is 5.25. The molecule has 0 aromatic heterocycles. The largest absolute Gasteiger partial charge is 0.466 e. The highest BCUT2D eigenvalue weighted by Gasteiger charge is 2.02. The third-order valence-corrected chi connectivity index (χ3v) is 3.13. The number of esters is 1. The molecular weight excluding hydrogens is 296 g/mol. The Bertz CT molecular complexity index is 324. The molecule has 2 N–H and O–H groups in total. The van der Waals surface area contributed by atoms with Crippen molar-refractivity contribution < 1.29 is 14.3 Å². The van der Waals surface area contributed by atoms with Gasteiger partial charge in [0.05, 0.1) is 6.61 Å². The molecule has 0 aromatic carbocycles. The second-order valence-electron chi connectivity index (χ2n) is 5.25. The molecule has 0 amide bonds. The Morgan fingerprint density at radius 1 is 1.17 bits per heavy atom. The van der Waals surface area contributed by atoms with Crippen molar-refractivity contribution in [2.45, 2.75) is 33.1 Å². The van der Waals surface area contributed by atoms with Gasteiger partial charge in [0, 0.05) is 52.9 Å². The van der Waals surface area contributed by atoms with Crippen molar-refractivity contribution in [1.82, 2.24) is 15.5 Å². The predicted molar refractivity (Wildman–Crippen MR) is 93.8 cm³/mol. The maximum absolute atomic E-state index is 11.3. The molecule has 0 fully saturated rings. The first-order valence-electron chi connectivity index (χ1n) is 8.49. The minimum absolute atomic E-state index is 0.154. The van der Waals surface area contributed by atoms with Crippen LogP contribution in [0.5, 0.6) is 0 Å². The molecule has 0 aliphatic heterocycles. The second kappa shape index (κ2) is 15.6. The molecule has 0 radical (unpaired) electrons. The van der Waals surface area contributed by atoms with E-state index in [0.717, 1.165) is 45.2 Å².